The lowest BCUT2D eigenvalue weighted by molar-refractivity contribution is -0.126. The van der Waals surface area contributed by atoms with Crippen LogP contribution < -0.4 is 16.0 Å². The number of aliphatic hydroxyl groups is 1. The molecular weight excluding hydrogens is 545 g/mol. The lowest BCUT2D eigenvalue weighted by atomic mass is 10.00. The number of halogens is 1. The average Bonchev–Trinajstić information content (AvgIpc) is 3.38. The van der Waals surface area contributed by atoms with E-state index >= 15 is 0 Å². The summed E-state index contributed by atoms with van der Waals surface area (Å²) in [4.78, 5) is 45.6. The first kappa shape index (κ1) is 30.3. The first-order valence-corrected chi connectivity index (χ1v) is 14.5. The number of aryl methyl sites for hydroxylation is 2. The highest BCUT2D eigenvalue weighted by molar-refractivity contribution is 7.09. The van der Waals surface area contributed by atoms with Crippen LogP contribution >= 0.6 is 11.3 Å². The summed E-state index contributed by atoms with van der Waals surface area (Å²) >= 11 is 1.44. The summed E-state index contributed by atoms with van der Waals surface area (Å²) in [6.07, 6.45) is 0.234. The third kappa shape index (κ3) is 8.42. The largest absolute Gasteiger partial charge is 0.391 e. The van der Waals surface area contributed by atoms with E-state index in [1.807, 2.05) is 23.3 Å². The molecule has 0 aliphatic carbocycles. The van der Waals surface area contributed by atoms with Crippen molar-refractivity contribution in [2.45, 2.75) is 58.3 Å². The number of hydrogen-bond acceptors (Lipinski definition) is 7. The Morgan fingerprint density at radius 2 is 1.85 bits per heavy atom. The molecule has 4 N–H and O–H groups in total. The van der Waals surface area contributed by atoms with Crippen molar-refractivity contribution in [1.82, 2.24) is 25.8 Å². The Balaban J connectivity index is 1.53. The number of benzene rings is 2. The van der Waals surface area contributed by atoms with Crippen molar-refractivity contribution in [2.24, 2.45) is 0 Å². The van der Waals surface area contributed by atoms with Crippen molar-refractivity contribution in [3.05, 3.63) is 75.4 Å². The van der Waals surface area contributed by atoms with Gasteiger partial charge in [-0.05, 0) is 81.1 Å². The molecule has 11 heteroatoms. The molecule has 1 aromatic heterocycles. The van der Waals surface area contributed by atoms with Gasteiger partial charge in [-0.1, -0.05) is 6.07 Å². The molecule has 218 valence electrons. The predicted octanol–water partition coefficient (Wildman–Crippen LogP) is 2.81. The number of amides is 3. The van der Waals surface area contributed by atoms with Crippen molar-refractivity contribution < 1.29 is 23.9 Å². The van der Waals surface area contributed by atoms with E-state index in [0.717, 1.165) is 27.4 Å². The van der Waals surface area contributed by atoms with Crippen LogP contribution in [-0.4, -0.2) is 70.5 Å². The molecule has 0 unspecified atom stereocenters. The van der Waals surface area contributed by atoms with Gasteiger partial charge >= 0.3 is 0 Å². The van der Waals surface area contributed by atoms with Crippen LogP contribution in [-0.2, 0) is 22.6 Å². The van der Waals surface area contributed by atoms with E-state index in [2.05, 4.69) is 20.9 Å². The minimum atomic E-state index is -1.15. The maximum atomic E-state index is 13.3. The van der Waals surface area contributed by atoms with E-state index in [-0.39, 0.29) is 18.3 Å². The van der Waals surface area contributed by atoms with Crippen LogP contribution in [0.15, 0.2) is 47.8 Å². The highest BCUT2D eigenvalue weighted by atomic mass is 32.1. The van der Waals surface area contributed by atoms with E-state index in [9.17, 15) is 23.9 Å². The highest BCUT2D eigenvalue weighted by Gasteiger charge is 2.28. The number of rotatable bonds is 4. The summed E-state index contributed by atoms with van der Waals surface area (Å²) in [5.41, 5.74) is 3.92. The summed E-state index contributed by atoms with van der Waals surface area (Å²) in [5.74, 6) is -1.43. The molecular formula is C30H36FN5O4S. The minimum Gasteiger partial charge on any atom is -0.391 e. The van der Waals surface area contributed by atoms with Gasteiger partial charge in [-0.3, -0.25) is 19.3 Å². The van der Waals surface area contributed by atoms with E-state index < -0.39 is 30.0 Å². The minimum absolute atomic E-state index is 0.0940. The van der Waals surface area contributed by atoms with Gasteiger partial charge in [-0.15, -0.1) is 11.3 Å². The molecule has 0 saturated carbocycles. The van der Waals surface area contributed by atoms with Gasteiger partial charge < -0.3 is 21.1 Å². The highest BCUT2D eigenvalue weighted by Crippen LogP contribution is 2.23. The van der Waals surface area contributed by atoms with Crippen LogP contribution in [0.2, 0.25) is 0 Å². The summed E-state index contributed by atoms with van der Waals surface area (Å²) in [6.45, 7) is 6.48. The quantitative estimate of drug-likeness (QED) is 0.376. The molecule has 1 aliphatic heterocycles. The van der Waals surface area contributed by atoms with Crippen LogP contribution in [0.1, 0.15) is 46.8 Å². The normalized spacial score (nSPS) is 20.5. The molecule has 0 radical (unpaired) electrons. The standard InChI is InChI=1S/C30H36FN5O4S/c1-18-6-7-23-13-22(18)5-4-12-32-26(38)15-36(14-19(2)33-30(40)28(20(3)37)35-29(23)39)16-27-34-25(17-41-27)21-8-10-24(31)11-9-21/h6-11,13,17,19-20,28,37H,4-5,12,14-16H2,1-3H3,(H,32,38)(H,33,40)(H,35,39)/t19-,20-,28+/m1/s1. The molecule has 0 saturated heterocycles. The topological polar surface area (TPSA) is 124 Å². The summed E-state index contributed by atoms with van der Waals surface area (Å²) < 4.78 is 13.3. The van der Waals surface area contributed by atoms with Crippen LogP contribution in [0.4, 0.5) is 4.39 Å². The fourth-order valence-corrected chi connectivity index (χ4v) is 5.60. The Labute approximate surface area is 243 Å². The maximum Gasteiger partial charge on any atom is 0.252 e. The second-order valence-electron chi connectivity index (χ2n) is 10.5. The average molecular weight is 582 g/mol. The molecule has 9 nitrogen and oxygen atoms in total. The van der Waals surface area contributed by atoms with E-state index in [1.165, 1.54) is 30.4 Å². The number of nitrogens with one attached hydrogen (secondary N) is 3. The number of fused-ring (bicyclic) bond motifs is 2. The molecule has 4 rings (SSSR count). The Morgan fingerprint density at radius 3 is 2.59 bits per heavy atom. The molecule has 0 spiro atoms. The maximum absolute atomic E-state index is 13.3. The van der Waals surface area contributed by atoms with Gasteiger partial charge in [0.2, 0.25) is 11.8 Å². The van der Waals surface area contributed by atoms with Gasteiger partial charge in [0.15, 0.2) is 0 Å². The zero-order valence-electron chi connectivity index (χ0n) is 23.4. The monoisotopic (exact) mass is 581 g/mol. The van der Waals surface area contributed by atoms with Gasteiger partial charge in [0.1, 0.15) is 16.9 Å². The van der Waals surface area contributed by atoms with E-state index in [4.69, 9.17) is 0 Å². The molecule has 2 aromatic carbocycles. The Morgan fingerprint density at radius 1 is 1.12 bits per heavy atom. The number of carbonyl (C=O) groups excluding carboxylic acids is 3. The van der Waals surface area contributed by atoms with Gasteiger partial charge in [-0.25, -0.2) is 9.37 Å². The number of aliphatic hydroxyl groups excluding tert-OH is 1. The summed E-state index contributed by atoms with van der Waals surface area (Å²) in [5, 5.41) is 21.5. The fourth-order valence-electron chi connectivity index (χ4n) is 4.76. The van der Waals surface area contributed by atoms with Gasteiger partial charge in [-0.2, -0.15) is 0 Å². The lowest BCUT2D eigenvalue weighted by Crippen LogP contribution is -2.55. The van der Waals surface area contributed by atoms with Crippen molar-refractivity contribution in [3.63, 3.8) is 0 Å². The smallest absolute Gasteiger partial charge is 0.252 e. The van der Waals surface area contributed by atoms with Crippen molar-refractivity contribution in [2.75, 3.05) is 19.6 Å². The molecule has 41 heavy (non-hydrogen) atoms. The van der Waals surface area contributed by atoms with Gasteiger partial charge in [0.05, 0.1) is 24.9 Å². The van der Waals surface area contributed by atoms with Crippen molar-refractivity contribution >= 4 is 29.1 Å². The number of carbonyl (C=O) groups is 3. The van der Waals surface area contributed by atoms with Gasteiger partial charge in [0, 0.05) is 35.6 Å². The molecule has 3 atom stereocenters. The molecule has 0 fully saturated rings. The van der Waals surface area contributed by atoms with Crippen LogP contribution in [0.3, 0.4) is 0 Å². The van der Waals surface area contributed by atoms with E-state index in [0.29, 0.717) is 38.0 Å². The summed E-state index contributed by atoms with van der Waals surface area (Å²) in [7, 11) is 0. The molecule has 3 amide bonds. The Kier molecular flexibility index (Phi) is 10.2. The summed E-state index contributed by atoms with van der Waals surface area (Å²) in [6, 6.07) is 9.89. The number of aromatic nitrogens is 1. The third-order valence-corrected chi connectivity index (χ3v) is 7.78. The second-order valence-corrected chi connectivity index (χ2v) is 11.4. The zero-order chi connectivity index (χ0) is 29.5. The lowest BCUT2D eigenvalue weighted by Gasteiger charge is -2.27. The predicted molar refractivity (Wildman–Crippen MR) is 156 cm³/mol. The van der Waals surface area contributed by atoms with Crippen molar-refractivity contribution in [3.8, 4) is 11.3 Å². The number of thiazole rings is 1. The first-order chi connectivity index (χ1) is 19.6. The Bertz CT molecular complexity index is 1380. The zero-order valence-corrected chi connectivity index (χ0v) is 24.3. The van der Waals surface area contributed by atoms with Crippen LogP contribution in [0, 0.1) is 12.7 Å². The fraction of sp³-hybridized carbons (Fsp3) is 0.400. The molecule has 3 aromatic rings. The molecule has 2 bridgehead atoms. The SMILES string of the molecule is Cc1ccc2cc1CCCNC(=O)CN(Cc1nc(-c3ccc(F)cc3)cs1)C[C@@H](C)NC(=O)[C@H]([C@@H](C)O)NC2=O. The second kappa shape index (κ2) is 13.8. The third-order valence-electron chi connectivity index (χ3n) is 6.95. The Hall–Kier alpha value is -3.67. The van der Waals surface area contributed by atoms with Gasteiger partial charge in [0.25, 0.3) is 5.91 Å². The molecule has 2 heterocycles. The number of nitrogens with zero attached hydrogens (tertiary/aromatic N) is 2. The number of hydrogen-bond donors (Lipinski definition) is 4. The first-order valence-electron chi connectivity index (χ1n) is 13.7. The van der Waals surface area contributed by atoms with Crippen molar-refractivity contribution in [1.29, 1.82) is 0 Å². The molecule has 1 aliphatic rings. The van der Waals surface area contributed by atoms with Crippen LogP contribution in [0.25, 0.3) is 11.3 Å². The van der Waals surface area contributed by atoms with E-state index in [1.54, 1.807) is 31.2 Å². The van der Waals surface area contributed by atoms with Crippen LogP contribution in [0.5, 0.6) is 0 Å².